The highest BCUT2D eigenvalue weighted by Gasteiger charge is 2.34. The summed E-state index contributed by atoms with van der Waals surface area (Å²) in [5.74, 6) is 0.745. The Morgan fingerprint density at radius 3 is 2.47 bits per heavy atom. The first kappa shape index (κ1) is 34.0. The van der Waals surface area contributed by atoms with Gasteiger partial charge in [-0.2, -0.15) is 0 Å². The molecule has 13 heteroatoms. The monoisotopic (exact) mass is 750 g/mol. The van der Waals surface area contributed by atoms with E-state index in [4.69, 9.17) is 23.7 Å². The first-order chi connectivity index (χ1) is 21.5. The quantitative estimate of drug-likeness (QED) is 0.199. The largest absolute Gasteiger partial charge is 0.493 e. The molecule has 3 aromatic rings. The lowest BCUT2D eigenvalue weighted by Gasteiger charge is -2.25. The van der Waals surface area contributed by atoms with Crippen LogP contribution >= 0.6 is 33.9 Å². The molecule has 1 atom stereocenters. The third-order valence-electron chi connectivity index (χ3n) is 6.57. The van der Waals surface area contributed by atoms with Crippen LogP contribution in [0.2, 0.25) is 0 Å². The standard InChI is InChI=1S/C32H35IN2O9S/c1-8-41-24-13-19(12-21(33)29(24)43-16-26(36)40-7)14-25-30(37)35-28(20-10-11-22(44-17(3)4)23(15-20)39-6)27(31(38)42-9-2)18(5)34-32(35)45-25/h10-15,17,28H,8-9,16H2,1-7H3/b25-14-/t28-/m0/s1. The smallest absolute Gasteiger partial charge is 0.343 e. The van der Waals surface area contributed by atoms with E-state index >= 15 is 0 Å². The fourth-order valence-corrected chi connectivity index (χ4v) is 6.56. The number of hydrogen-bond donors (Lipinski definition) is 0. The van der Waals surface area contributed by atoms with Crippen molar-refractivity contribution in [3.05, 3.63) is 76.0 Å². The number of halogens is 1. The highest BCUT2D eigenvalue weighted by molar-refractivity contribution is 14.1. The minimum absolute atomic E-state index is 0.0839. The Labute approximate surface area is 278 Å². The van der Waals surface area contributed by atoms with Crippen molar-refractivity contribution in [2.24, 2.45) is 4.99 Å². The Bertz CT molecular complexity index is 1810. The maximum absolute atomic E-state index is 14.1. The molecule has 1 aliphatic rings. The van der Waals surface area contributed by atoms with Crippen LogP contribution < -0.4 is 33.8 Å². The average Bonchev–Trinajstić information content (AvgIpc) is 3.29. The van der Waals surface area contributed by atoms with Gasteiger partial charge in [0.05, 0.1) is 59.0 Å². The number of aromatic nitrogens is 1. The third-order valence-corrected chi connectivity index (χ3v) is 8.36. The summed E-state index contributed by atoms with van der Waals surface area (Å²) in [6.07, 6.45) is 1.65. The molecule has 2 heterocycles. The number of esters is 2. The Morgan fingerprint density at radius 1 is 1.07 bits per heavy atom. The topological polar surface area (TPSA) is 124 Å². The van der Waals surface area contributed by atoms with Crippen LogP contribution in [0.15, 0.2) is 51.4 Å². The molecule has 0 unspecified atom stereocenters. The highest BCUT2D eigenvalue weighted by Crippen LogP contribution is 2.37. The van der Waals surface area contributed by atoms with Gasteiger partial charge in [0.1, 0.15) is 0 Å². The maximum Gasteiger partial charge on any atom is 0.343 e. The molecule has 240 valence electrons. The van der Waals surface area contributed by atoms with Crippen LogP contribution in [0.1, 0.15) is 51.8 Å². The number of ether oxygens (including phenoxy) is 6. The van der Waals surface area contributed by atoms with Crippen molar-refractivity contribution in [3.8, 4) is 23.0 Å². The molecule has 0 radical (unpaired) electrons. The number of benzene rings is 2. The normalized spacial score (nSPS) is 14.5. The van der Waals surface area contributed by atoms with Gasteiger partial charge in [0.15, 0.2) is 34.4 Å². The van der Waals surface area contributed by atoms with E-state index in [0.717, 1.165) is 0 Å². The van der Waals surface area contributed by atoms with E-state index < -0.39 is 18.0 Å². The average molecular weight is 751 g/mol. The number of allylic oxidation sites excluding steroid dienone is 1. The molecule has 45 heavy (non-hydrogen) atoms. The molecular formula is C32H35IN2O9S. The van der Waals surface area contributed by atoms with Gasteiger partial charge in [0.2, 0.25) is 0 Å². The van der Waals surface area contributed by atoms with Crippen LogP contribution in [0, 0.1) is 3.57 Å². The Kier molecular flexibility index (Phi) is 11.3. The van der Waals surface area contributed by atoms with Gasteiger partial charge in [-0.05, 0) is 98.7 Å². The second-order valence-electron chi connectivity index (χ2n) is 10.0. The minimum Gasteiger partial charge on any atom is -0.493 e. The molecule has 0 saturated heterocycles. The van der Waals surface area contributed by atoms with Gasteiger partial charge in [-0.1, -0.05) is 17.4 Å². The van der Waals surface area contributed by atoms with Crippen molar-refractivity contribution < 1.29 is 38.0 Å². The van der Waals surface area contributed by atoms with Gasteiger partial charge in [0.25, 0.3) is 5.56 Å². The predicted octanol–water partition coefficient (Wildman–Crippen LogP) is 4.15. The molecule has 1 aromatic heterocycles. The summed E-state index contributed by atoms with van der Waals surface area (Å²) in [4.78, 5) is 44.2. The zero-order valence-electron chi connectivity index (χ0n) is 26.1. The van der Waals surface area contributed by atoms with E-state index in [1.54, 1.807) is 38.1 Å². The van der Waals surface area contributed by atoms with Crippen molar-refractivity contribution in [1.29, 1.82) is 0 Å². The summed E-state index contributed by atoms with van der Waals surface area (Å²) in [6, 6.07) is 8.08. The van der Waals surface area contributed by atoms with Gasteiger partial charge in [0, 0.05) is 0 Å². The van der Waals surface area contributed by atoms with Crippen molar-refractivity contribution in [2.45, 2.75) is 46.8 Å². The van der Waals surface area contributed by atoms with Gasteiger partial charge >= 0.3 is 11.9 Å². The number of thiazole rings is 1. The molecule has 0 spiro atoms. The number of hydrogen-bond acceptors (Lipinski definition) is 11. The van der Waals surface area contributed by atoms with Crippen LogP contribution in [-0.2, 0) is 19.1 Å². The number of methoxy groups -OCH3 is 2. The van der Waals surface area contributed by atoms with E-state index in [2.05, 4.69) is 32.3 Å². The molecule has 2 aromatic carbocycles. The molecule has 4 rings (SSSR count). The van der Waals surface area contributed by atoms with Crippen molar-refractivity contribution in [1.82, 2.24) is 4.57 Å². The molecule has 0 saturated carbocycles. The Balaban J connectivity index is 1.89. The van der Waals surface area contributed by atoms with E-state index in [9.17, 15) is 14.4 Å². The third kappa shape index (κ3) is 7.52. The summed E-state index contributed by atoms with van der Waals surface area (Å²) < 4.78 is 35.7. The van der Waals surface area contributed by atoms with E-state index in [-0.39, 0.29) is 30.5 Å². The first-order valence-corrected chi connectivity index (χ1v) is 16.1. The zero-order chi connectivity index (χ0) is 32.8. The fraction of sp³-hybridized carbons (Fsp3) is 0.375. The van der Waals surface area contributed by atoms with Gasteiger partial charge in [-0.25, -0.2) is 14.6 Å². The summed E-state index contributed by atoms with van der Waals surface area (Å²) >= 11 is 3.29. The van der Waals surface area contributed by atoms with E-state index in [0.29, 0.717) is 59.3 Å². The number of carbonyl (C=O) groups excluding carboxylic acids is 2. The van der Waals surface area contributed by atoms with Crippen LogP contribution in [0.5, 0.6) is 23.0 Å². The second-order valence-corrected chi connectivity index (χ2v) is 12.2. The highest BCUT2D eigenvalue weighted by atomic mass is 127. The lowest BCUT2D eigenvalue weighted by molar-refractivity contribution is -0.143. The summed E-state index contributed by atoms with van der Waals surface area (Å²) in [5, 5.41) is 0. The molecular weight excluding hydrogens is 715 g/mol. The van der Waals surface area contributed by atoms with E-state index in [1.807, 2.05) is 32.9 Å². The van der Waals surface area contributed by atoms with Crippen molar-refractivity contribution in [3.63, 3.8) is 0 Å². The number of carbonyl (C=O) groups is 2. The van der Waals surface area contributed by atoms with Gasteiger partial charge < -0.3 is 28.4 Å². The lowest BCUT2D eigenvalue weighted by atomic mass is 9.95. The summed E-state index contributed by atoms with van der Waals surface area (Å²) in [6.45, 7) is 9.36. The Hall–Kier alpha value is -3.85. The van der Waals surface area contributed by atoms with Crippen LogP contribution in [0.25, 0.3) is 6.08 Å². The van der Waals surface area contributed by atoms with Crippen molar-refractivity contribution >= 4 is 51.9 Å². The van der Waals surface area contributed by atoms with Gasteiger partial charge in [-0.3, -0.25) is 9.36 Å². The number of fused-ring (bicyclic) bond motifs is 1. The van der Waals surface area contributed by atoms with Crippen LogP contribution in [0.4, 0.5) is 0 Å². The molecule has 0 bridgehead atoms. The fourth-order valence-electron chi connectivity index (χ4n) is 4.73. The zero-order valence-corrected chi connectivity index (χ0v) is 29.1. The maximum atomic E-state index is 14.1. The SMILES string of the molecule is CCOC(=O)C1=C(C)N=c2s/c(=C\c3cc(I)c(OCC(=O)OC)c(OCC)c3)c(=O)n2[C@H]1c1ccc(OC(C)C)c(OC)c1. The number of nitrogens with zero attached hydrogens (tertiary/aromatic N) is 2. The van der Waals surface area contributed by atoms with Crippen LogP contribution in [0.3, 0.4) is 0 Å². The molecule has 11 nitrogen and oxygen atoms in total. The molecule has 0 N–H and O–H groups in total. The minimum atomic E-state index is -0.822. The summed E-state index contributed by atoms with van der Waals surface area (Å²) in [5.41, 5.74) is 1.68. The predicted molar refractivity (Wildman–Crippen MR) is 177 cm³/mol. The van der Waals surface area contributed by atoms with Crippen molar-refractivity contribution in [2.75, 3.05) is 34.0 Å². The Morgan fingerprint density at radius 2 is 1.82 bits per heavy atom. The molecule has 0 aliphatic carbocycles. The second kappa shape index (κ2) is 15.0. The van der Waals surface area contributed by atoms with Crippen LogP contribution in [-0.4, -0.2) is 56.6 Å². The van der Waals surface area contributed by atoms with E-state index in [1.165, 1.54) is 30.1 Å². The lowest BCUT2D eigenvalue weighted by Crippen LogP contribution is -2.40. The number of rotatable bonds is 12. The van der Waals surface area contributed by atoms with Gasteiger partial charge in [-0.15, -0.1) is 0 Å². The molecule has 0 fully saturated rings. The molecule has 1 aliphatic heterocycles. The molecule has 0 amide bonds. The summed E-state index contributed by atoms with van der Waals surface area (Å²) in [7, 11) is 2.82. The first-order valence-electron chi connectivity index (χ1n) is 14.2.